The molecule has 0 amide bonds. The van der Waals surface area contributed by atoms with E-state index in [0.717, 1.165) is 50.6 Å². The third kappa shape index (κ3) is 3.78. The van der Waals surface area contributed by atoms with E-state index in [0.29, 0.717) is 17.3 Å². The van der Waals surface area contributed by atoms with Crippen molar-refractivity contribution >= 4 is 17.3 Å². The Morgan fingerprint density at radius 1 is 1.15 bits per heavy atom. The van der Waals surface area contributed by atoms with Crippen molar-refractivity contribution in [1.82, 2.24) is 9.80 Å². The zero-order valence-electron chi connectivity index (χ0n) is 12.4. The highest BCUT2D eigenvalue weighted by atomic mass is 35.5. The van der Waals surface area contributed by atoms with E-state index in [4.69, 9.17) is 22.1 Å². The van der Waals surface area contributed by atoms with Crippen LogP contribution in [0.2, 0.25) is 5.02 Å². The fraction of sp³-hybridized carbons (Fsp3) is 0.600. The summed E-state index contributed by atoms with van der Waals surface area (Å²) >= 11 is 6.14. The first-order valence-electron chi connectivity index (χ1n) is 7.29. The van der Waals surface area contributed by atoms with Crippen LogP contribution >= 0.6 is 11.6 Å². The lowest BCUT2D eigenvalue weighted by Gasteiger charge is -2.34. The van der Waals surface area contributed by atoms with Gasteiger partial charge in [-0.05, 0) is 19.5 Å². The Kier molecular flexibility index (Phi) is 5.52. The summed E-state index contributed by atoms with van der Waals surface area (Å²) in [6, 6.07) is 3.78. The monoisotopic (exact) mass is 297 g/mol. The molecule has 1 aliphatic rings. The first-order chi connectivity index (χ1) is 9.63. The second kappa shape index (κ2) is 7.16. The van der Waals surface area contributed by atoms with Crippen LogP contribution in [0.1, 0.15) is 19.4 Å². The van der Waals surface area contributed by atoms with Gasteiger partial charge in [0.2, 0.25) is 0 Å². The molecule has 112 valence electrons. The van der Waals surface area contributed by atoms with E-state index in [1.165, 1.54) is 0 Å². The largest absolute Gasteiger partial charge is 0.493 e. The van der Waals surface area contributed by atoms with Gasteiger partial charge in [-0.2, -0.15) is 0 Å². The molecule has 1 saturated heterocycles. The van der Waals surface area contributed by atoms with Crippen LogP contribution in [0, 0.1) is 0 Å². The molecule has 0 radical (unpaired) electrons. The highest BCUT2D eigenvalue weighted by Crippen LogP contribution is 2.30. The Balaban J connectivity index is 2.06. The lowest BCUT2D eigenvalue weighted by atomic mass is 10.1. The van der Waals surface area contributed by atoms with E-state index < -0.39 is 0 Å². The lowest BCUT2D eigenvalue weighted by Crippen LogP contribution is -2.45. The van der Waals surface area contributed by atoms with E-state index >= 15 is 0 Å². The molecule has 1 aliphatic heterocycles. The van der Waals surface area contributed by atoms with Gasteiger partial charge in [0.1, 0.15) is 5.75 Å². The zero-order chi connectivity index (χ0) is 14.5. The molecule has 0 aromatic heterocycles. The summed E-state index contributed by atoms with van der Waals surface area (Å²) in [6.45, 7) is 11.3. The molecule has 0 aliphatic carbocycles. The number of halogens is 1. The van der Waals surface area contributed by atoms with Gasteiger partial charge in [-0.1, -0.05) is 18.5 Å². The van der Waals surface area contributed by atoms with Crippen LogP contribution in [0.25, 0.3) is 0 Å². The van der Waals surface area contributed by atoms with E-state index in [9.17, 15) is 0 Å². The number of likely N-dealkylation sites (N-methyl/N-ethyl adjacent to an activating group) is 1. The highest BCUT2D eigenvalue weighted by Gasteiger charge is 2.18. The number of piperazine rings is 1. The van der Waals surface area contributed by atoms with Crippen LogP contribution in [-0.2, 0) is 6.54 Å². The molecule has 5 heteroatoms. The number of hydrogen-bond acceptors (Lipinski definition) is 4. The van der Waals surface area contributed by atoms with Crippen molar-refractivity contribution in [2.75, 3.05) is 45.1 Å². The van der Waals surface area contributed by atoms with Crippen molar-refractivity contribution in [3.8, 4) is 5.75 Å². The van der Waals surface area contributed by atoms with Gasteiger partial charge in [-0.25, -0.2) is 0 Å². The number of hydrogen-bond donors (Lipinski definition) is 1. The molecular weight excluding hydrogens is 274 g/mol. The minimum atomic E-state index is 0.578. The molecule has 0 saturated carbocycles. The molecule has 4 nitrogen and oxygen atoms in total. The van der Waals surface area contributed by atoms with Gasteiger partial charge in [-0.3, -0.25) is 4.90 Å². The van der Waals surface area contributed by atoms with Crippen LogP contribution in [0.4, 0.5) is 5.69 Å². The zero-order valence-corrected chi connectivity index (χ0v) is 13.1. The van der Waals surface area contributed by atoms with E-state index in [2.05, 4.69) is 16.7 Å². The summed E-state index contributed by atoms with van der Waals surface area (Å²) in [6.07, 6.45) is 0. The number of anilines is 1. The van der Waals surface area contributed by atoms with Crippen LogP contribution in [0.15, 0.2) is 12.1 Å². The first-order valence-corrected chi connectivity index (χ1v) is 7.67. The molecule has 1 fully saturated rings. The second-order valence-electron chi connectivity index (χ2n) is 5.12. The Bertz CT molecular complexity index is 445. The maximum absolute atomic E-state index is 6.14. The van der Waals surface area contributed by atoms with Crippen LogP contribution in [0.5, 0.6) is 5.75 Å². The van der Waals surface area contributed by atoms with Gasteiger partial charge >= 0.3 is 0 Å². The molecule has 0 unspecified atom stereocenters. The van der Waals surface area contributed by atoms with E-state index in [-0.39, 0.29) is 0 Å². The van der Waals surface area contributed by atoms with Crippen molar-refractivity contribution in [3.63, 3.8) is 0 Å². The summed E-state index contributed by atoms with van der Waals surface area (Å²) < 4.78 is 5.68. The topological polar surface area (TPSA) is 41.7 Å². The number of rotatable bonds is 5. The normalized spacial score (nSPS) is 17.4. The standard InChI is InChI=1S/C15H24ClN3O/c1-3-18-5-7-19(8-6-18)11-12-9-13(16)14(17)10-15(12)20-4-2/h9-10H,3-8,11,17H2,1-2H3. The Morgan fingerprint density at radius 3 is 2.40 bits per heavy atom. The van der Waals surface area contributed by atoms with Crippen LogP contribution in [0.3, 0.4) is 0 Å². The second-order valence-corrected chi connectivity index (χ2v) is 5.53. The molecule has 2 rings (SSSR count). The number of nitrogens with zero attached hydrogens (tertiary/aromatic N) is 2. The fourth-order valence-electron chi connectivity index (χ4n) is 2.53. The average molecular weight is 298 g/mol. The molecule has 20 heavy (non-hydrogen) atoms. The van der Waals surface area contributed by atoms with Gasteiger partial charge in [0.25, 0.3) is 0 Å². The SMILES string of the molecule is CCOc1cc(N)c(Cl)cc1CN1CCN(CC)CC1. The first kappa shape index (κ1) is 15.4. The lowest BCUT2D eigenvalue weighted by molar-refractivity contribution is 0.131. The maximum atomic E-state index is 6.14. The van der Waals surface area contributed by atoms with E-state index in [1.807, 2.05) is 19.1 Å². The summed E-state index contributed by atoms with van der Waals surface area (Å²) in [4.78, 5) is 4.91. The fourth-order valence-corrected chi connectivity index (χ4v) is 2.71. The molecule has 2 N–H and O–H groups in total. The summed E-state index contributed by atoms with van der Waals surface area (Å²) in [5.41, 5.74) is 7.56. The Morgan fingerprint density at radius 2 is 1.80 bits per heavy atom. The van der Waals surface area contributed by atoms with Crippen molar-refractivity contribution < 1.29 is 4.74 Å². The number of ether oxygens (including phenoxy) is 1. The maximum Gasteiger partial charge on any atom is 0.125 e. The summed E-state index contributed by atoms with van der Waals surface area (Å²) in [7, 11) is 0. The molecule has 0 atom stereocenters. The predicted octanol–water partition coefficient (Wildman–Crippen LogP) is 2.46. The van der Waals surface area contributed by atoms with Crippen molar-refractivity contribution in [2.24, 2.45) is 0 Å². The Hall–Kier alpha value is -0.970. The van der Waals surface area contributed by atoms with Gasteiger partial charge < -0.3 is 15.4 Å². The van der Waals surface area contributed by atoms with Gasteiger partial charge in [0.05, 0.1) is 17.3 Å². The predicted molar refractivity (Wildman–Crippen MR) is 84.4 cm³/mol. The molecule has 0 bridgehead atoms. The van der Waals surface area contributed by atoms with Crippen LogP contribution < -0.4 is 10.5 Å². The molecule has 1 heterocycles. The van der Waals surface area contributed by atoms with Gasteiger partial charge in [0.15, 0.2) is 0 Å². The van der Waals surface area contributed by atoms with Gasteiger partial charge in [-0.15, -0.1) is 0 Å². The van der Waals surface area contributed by atoms with Gasteiger partial charge in [0, 0.05) is 44.4 Å². The number of benzene rings is 1. The Labute approximate surface area is 126 Å². The number of nitrogen functional groups attached to an aromatic ring is 1. The molecule has 1 aromatic carbocycles. The number of nitrogens with two attached hydrogens (primary N) is 1. The summed E-state index contributed by atoms with van der Waals surface area (Å²) in [5, 5.41) is 0.607. The highest BCUT2D eigenvalue weighted by molar-refractivity contribution is 6.33. The van der Waals surface area contributed by atoms with E-state index in [1.54, 1.807) is 0 Å². The van der Waals surface area contributed by atoms with Crippen LogP contribution in [-0.4, -0.2) is 49.1 Å². The van der Waals surface area contributed by atoms with Crippen molar-refractivity contribution in [3.05, 3.63) is 22.7 Å². The average Bonchev–Trinajstić information content (AvgIpc) is 2.45. The quantitative estimate of drug-likeness (QED) is 0.848. The van der Waals surface area contributed by atoms with Crippen molar-refractivity contribution in [2.45, 2.75) is 20.4 Å². The smallest absolute Gasteiger partial charge is 0.125 e. The third-order valence-electron chi connectivity index (χ3n) is 3.79. The molecule has 0 spiro atoms. The summed E-state index contributed by atoms with van der Waals surface area (Å²) in [5.74, 6) is 0.854. The molecular formula is C15H24ClN3O. The third-order valence-corrected chi connectivity index (χ3v) is 4.11. The molecule has 1 aromatic rings. The van der Waals surface area contributed by atoms with Crippen molar-refractivity contribution in [1.29, 1.82) is 0 Å². The minimum Gasteiger partial charge on any atom is -0.493 e. The minimum absolute atomic E-state index is 0.578.